The molecule has 0 N–H and O–H groups in total. The van der Waals surface area contributed by atoms with Crippen molar-refractivity contribution in [3.8, 4) is 0 Å². The minimum absolute atomic E-state index is 0.790. The Morgan fingerprint density at radius 3 is 2.40 bits per heavy atom. The first-order valence-corrected chi connectivity index (χ1v) is 9.99. The van der Waals surface area contributed by atoms with Gasteiger partial charge in [0.1, 0.15) is 0 Å². The topological polar surface area (TPSA) is 0 Å². The van der Waals surface area contributed by atoms with Crippen LogP contribution in [0.4, 0.5) is 0 Å². The van der Waals surface area contributed by atoms with Crippen molar-refractivity contribution in [3.05, 3.63) is 30.3 Å². The van der Waals surface area contributed by atoms with Gasteiger partial charge in [-0.1, -0.05) is 0 Å². The van der Waals surface area contributed by atoms with Gasteiger partial charge in [-0.25, -0.2) is 0 Å². The van der Waals surface area contributed by atoms with Crippen molar-refractivity contribution in [3.63, 3.8) is 0 Å². The van der Waals surface area contributed by atoms with E-state index in [1.807, 2.05) is 0 Å². The van der Waals surface area contributed by atoms with Gasteiger partial charge in [0.2, 0.25) is 0 Å². The molecule has 0 spiro atoms. The van der Waals surface area contributed by atoms with Crippen LogP contribution in [0.15, 0.2) is 30.3 Å². The van der Waals surface area contributed by atoms with Crippen LogP contribution < -0.4 is 4.35 Å². The molecule has 0 aliphatic rings. The number of halogens is 1. The molecule has 0 saturated carbocycles. The second kappa shape index (κ2) is 4.20. The molecule has 0 amide bonds. The molecule has 0 bridgehead atoms. The SMILES string of the molecule is CC[As](Br)c1ccccc1. The van der Waals surface area contributed by atoms with E-state index in [0.717, 1.165) is 0 Å². The molecule has 0 aliphatic heterocycles. The van der Waals surface area contributed by atoms with Crippen LogP contribution in [-0.4, -0.2) is 12.8 Å². The molecule has 1 rings (SSSR count). The van der Waals surface area contributed by atoms with Crippen molar-refractivity contribution in [1.29, 1.82) is 0 Å². The van der Waals surface area contributed by atoms with Gasteiger partial charge in [0, 0.05) is 0 Å². The van der Waals surface area contributed by atoms with Gasteiger partial charge in [0.25, 0.3) is 0 Å². The summed E-state index contributed by atoms with van der Waals surface area (Å²) >= 11 is 2.94. The fourth-order valence-electron chi connectivity index (χ4n) is 0.772. The summed E-state index contributed by atoms with van der Waals surface area (Å²) in [6.45, 7) is 2.24. The zero-order chi connectivity index (χ0) is 7.40. The number of hydrogen-bond donors (Lipinski definition) is 0. The summed E-state index contributed by atoms with van der Waals surface area (Å²) in [5.41, 5.74) is 0. The molecule has 54 valence electrons. The molecule has 1 aromatic carbocycles. The van der Waals surface area contributed by atoms with E-state index in [-0.39, 0.29) is 0 Å². The Balaban J connectivity index is 2.75. The summed E-state index contributed by atoms with van der Waals surface area (Å²) in [6.07, 6.45) is 0. The second-order valence-corrected chi connectivity index (χ2v) is 10.4. The van der Waals surface area contributed by atoms with Crippen LogP contribution in [0, 0.1) is 0 Å². The maximum absolute atomic E-state index is 3.73. The molecule has 0 aromatic heterocycles. The van der Waals surface area contributed by atoms with Gasteiger partial charge in [-0.15, -0.1) is 0 Å². The molecule has 1 aromatic rings. The second-order valence-electron chi connectivity index (χ2n) is 2.01. The van der Waals surface area contributed by atoms with Crippen LogP contribution >= 0.6 is 13.9 Å². The van der Waals surface area contributed by atoms with Gasteiger partial charge in [0.15, 0.2) is 0 Å². The third kappa shape index (κ3) is 2.14. The molecule has 1 atom stereocenters. The molecule has 0 radical (unpaired) electrons. The van der Waals surface area contributed by atoms with Gasteiger partial charge in [-0.2, -0.15) is 0 Å². The molecule has 10 heavy (non-hydrogen) atoms. The standard InChI is InChI=1S/C8H10AsBr/c1-2-9(10)8-6-4-3-5-7-8/h3-7H,2H2,1H3. The monoisotopic (exact) mass is 260 g/mol. The summed E-state index contributed by atoms with van der Waals surface area (Å²) in [5.74, 6) is 0. The molecule has 0 heterocycles. The van der Waals surface area contributed by atoms with Crippen molar-refractivity contribution in [1.82, 2.24) is 0 Å². The van der Waals surface area contributed by atoms with Crippen molar-refractivity contribution in [2.24, 2.45) is 0 Å². The van der Waals surface area contributed by atoms with E-state index in [0.29, 0.717) is 0 Å². The Morgan fingerprint density at radius 2 is 1.90 bits per heavy atom. The Labute approximate surface area is 73.5 Å². The fourth-order valence-corrected chi connectivity index (χ4v) is 3.81. The summed E-state index contributed by atoms with van der Waals surface area (Å²) in [6, 6.07) is 10.7. The Hall–Kier alpha value is 0.258. The summed E-state index contributed by atoms with van der Waals surface area (Å²) in [5, 5.41) is 1.29. The molecular weight excluding hydrogens is 251 g/mol. The first-order chi connectivity index (χ1) is 4.84. The molecule has 1 unspecified atom stereocenters. The van der Waals surface area contributed by atoms with Crippen molar-refractivity contribution >= 4 is 31.1 Å². The third-order valence-corrected chi connectivity index (χ3v) is 9.01. The van der Waals surface area contributed by atoms with Crippen molar-refractivity contribution < 1.29 is 0 Å². The van der Waals surface area contributed by atoms with E-state index in [1.54, 1.807) is 0 Å². The van der Waals surface area contributed by atoms with E-state index in [2.05, 4.69) is 51.2 Å². The van der Waals surface area contributed by atoms with Gasteiger partial charge in [-0.05, 0) is 0 Å². The number of benzene rings is 1. The average Bonchev–Trinajstić information content (AvgIpc) is 2.05. The van der Waals surface area contributed by atoms with Crippen LogP contribution in [0.1, 0.15) is 6.92 Å². The molecule has 0 aliphatic carbocycles. The predicted molar refractivity (Wildman–Crippen MR) is 51.2 cm³/mol. The van der Waals surface area contributed by atoms with Crippen LogP contribution in [-0.2, 0) is 0 Å². The minimum atomic E-state index is -0.790. The Bertz CT molecular complexity index is 186. The maximum atomic E-state index is 3.73. The Morgan fingerprint density at radius 1 is 1.30 bits per heavy atom. The van der Waals surface area contributed by atoms with Gasteiger partial charge in [0.05, 0.1) is 0 Å². The van der Waals surface area contributed by atoms with Crippen molar-refractivity contribution in [2.45, 2.75) is 12.1 Å². The van der Waals surface area contributed by atoms with Crippen molar-refractivity contribution in [2.75, 3.05) is 0 Å². The molecule has 0 nitrogen and oxygen atoms in total. The summed E-state index contributed by atoms with van der Waals surface area (Å²) < 4.78 is 1.51. The average molecular weight is 261 g/mol. The van der Waals surface area contributed by atoms with Crippen LogP contribution in [0.2, 0.25) is 5.21 Å². The number of hydrogen-bond acceptors (Lipinski definition) is 0. The zero-order valence-electron chi connectivity index (χ0n) is 5.92. The Kier molecular flexibility index (Phi) is 3.51. The van der Waals surface area contributed by atoms with E-state index in [4.69, 9.17) is 0 Å². The first kappa shape index (κ1) is 8.36. The molecule has 0 fully saturated rings. The molecular formula is C8H10AsBr. The molecule has 2 heteroatoms. The fraction of sp³-hybridized carbons (Fsp3) is 0.250. The summed E-state index contributed by atoms with van der Waals surface area (Å²) in [4.78, 5) is 0. The first-order valence-electron chi connectivity index (χ1n) is 3.33. The van der Waals surface area contributed by atoms with Gasteiger partial charge in [-0.3, -0.25) is 0 Å². The number of rotatable bonds is 2. The zero-order valence-corrected chi connectivity index (χ0v) is 9.38. The van der Waals surface area contributed by atoms with Gasteiger partial charge < -0.3 is 0 Å². The van der Waals surface area contributed by atoms with Crippen LogP contribution in [0.3, 0.4) is 0 Å². The van der Waals surface area contributed by atoms with E-state index in [1.165, 1.54) is 9.56 Å². The van der Waals surface area contributed by atoms with E-state index < -0.39 is 12.8 Å². The summed E-state index contributed by atoms with van der Waals surface area (Å²) in [7, 11) is 0. The third-order valence-electron chi connectivity index (χ3n) is 1.31. The van der Waals surface area contributed by atoms with Crippen LogP contribution in [0.5, 0.6) is 0 Å². The quantitative estimate of drug-likeness (QED) is 0.716. The predicted octanol–water partition coefficient (Wildman–Crippen LogP) is 2.30. The molecule has 0 saturated heterocycles. The van der Waals surface area contributed by atoms with Crippen LogP contribution in [0.25, 0.3) is 0 Å². The normalized spacial score (nSPS) is 13.0. The van der Waals surface area contributed by atoms with E-state index in [9.17, 15) is 0 Å². The van der Waals surface area contributed by atoms with Gasteiger partial charge >= 0.3 is 73.5 Å². The van der Waals surface area contributed by atoms with E-state index >= 15 is 0 Å².